The van der Waals surface area contributed by atoms with Crippen LogP contribution in [0, 0.1) is 11.6 Å². The van der Waals surface area contributed by atoms with E-state index in [0.29, 0.717) is 12.1 Å². The molecule has 0 unspecified atom stereocenters. The Bertz CT molecular complexity index is 389. The maximum absolute atomic E-state index is 13.3. The Morgan fingerprint density at radius 2 is 1.94 bits per heavy atom. The van der Waals surface area contributed by atoms with E-state index in [0.717, 1.165) is 37.8 Å². The Balaban J connectivity index is 1.87. The summed E-state index contributed by atoms with van der Waals surface area (Å²) in [4.78, 5) is 0. The Morgan fingerprint density at radius 3 is 2.65 bits per heavy atom. The highest BCUT2D eigenvalue weighted by Gasteiger charge is 2.30. The number of halogens is 2. The highest BCUT2D eigenvalue weighted by atomic mass is 19.1. The van der Waals surface area contributed by atoms with Gasteiger partial charge in [-0.1, -0.05) is 12.8 Å². The summed E-state index contributed by atoms with van der Waals surface area (Å²) in [6.45, 7) is 0.675. The van der Waals surface area contributed by atoms with Crippen molar-refractivity contribution >= 4 is 0 Å². The van der Waals surface area contributed by atoms with Crippen molar-refractivity contribution in [3.8, 4) is 0 Å². The number of nitrogens with one attached hydrogen (secondary N) is 1. The first-order valence-corrected chi connectivity index (χ1v) is 5.96. The molecule has 1 aliphatic carbocycles. The van der Waals surface area contributed by atoms with Crippen molar-refractivity contribution in [2.45, 2.75) is 37.8 Å². The van der Waals surface area contributed by atoms with Crippen LogP contribution in [0.3, 0.4) is 0 Å². The molecule has 2 nitrogen and oxygen atoms in total. The van der Waals surface area contributed by atoms with Crippen molar-refractivity contribution < 1.29 is 13.9 Å². The predicted molar refractivity (Wildman–Crippen MR) is 61.5 cm³/mol. The molecule has 0 saturated heterocycles. The van der Waals surface area contributed by atoms with Crippen molar-refractivity contribution in [1.82, 2.24) is 5.32 Å². The number of aliphatic hydroxyl groups is 1. The molecule has 0 radical (unpaired) electrons. The molecule has 1 aromatic rings. The average Bonchev–Trinajstić information content (AvgIpc) is 2.71. The third-order valence-corrected chi connectivity index (χ3v) is 3.31. The largest absolute Gasteiger partial charge is 0.389 e. The molecular formula is C13H17F2NO. The molecule has 0 aliphatic heterocycles. The van der Waals surface area contributed by atoms with E-state index >= 15 is 0 Å². The Labute approximate surface area is 99.7 Å². The molecule has 0 amide bonds. The van der Waals surface area contributed by atoms with Crippen molar-refractivity contribution in [3.05, 3.63) is 35.4 Å². The summed E-state index contributed by atoms with van der Waals surface area (Å²) in [6, 6.07) is 3.40. The van der Waals surface area contributed by atoms with E-state index in [4.69, 9.17) is 0 Å². The van der Waals surface area contributed by atoms with Gasteiger partial charge in [-0.25, -0.2) is 8.78 Å². The highest BCUT2D eigenvalue weighted by molar-refractivity contribution is 5.18. The summed E-state index contributed by atoms with van der Waals surface area (Å²) in [6.07, 6.45) is 3.64. The SMILES string of the molecule is OC1(CNCc2cc(F)ccc2F)CCCC1. The second-order valence-corrected chi connectivity index (χ2v) is 4.77. The molecule has 0 spiro atoms. The first kappa shape index (κ1) is 12.5. The van der Waals surface area contributed by atoms with Crippen LogP contribution in [0.25, 0.3) is 0 Å². The molecule has 1 fully saturated rings. The summed E-state index contributed by atoms with van der Waals surface area (Å²) in [5.74, 6) is -0.861. The van der Waals surface area contributed by atoms with Crippen LogP contribution in [0.15, 0.2) is 18.2 Å². The van der Waals surface area contributed by atoms with Crippen molar-refractivity contribution in [2.75, 3.05) is 6.54 Å². The van der Waals surface area contributed by atoms with Crippen LogP contribution < -0.4 is 5.32 Å². The van der Waals surface area contributed by atoms with Crippen LogP contribution in [0.2, 0.25) is 0 Å². The molecule has 0 heterocycles. The van der Waals surface area contributed by atoms with E-state index in [9.17, 15) is 13.9 Å². The molecule has 1 saturated carbocycles. The van der Waals surface area contributed by atoms with Crippen LogP contribution in [0.1, 0.15) is 31.2 Å². The maximum Gasteiger partial charge on any atom is 0.127 e. The third-order valence-electron chi connectivity index (χ3n) is 3.31. The second kappa shape index (κ2) is 5.10. The van der Waals surface area contributed by atoms with Crippen LogP contribution in [-0.2, 0) is 6.54 Å². The van der Waals surface area contributed by atoms with Gasteiger partial charge < -0.3 is 10.4 Å². The Hall–Kier alpha value is -1.00. The van der Waals surface area contributed by atoms with Gasteiger partial charge in [-0.05, 0) is 31.0 Å². The summed E-state index contributed by atoms with van der Waals surface area (Å²) in [7, 11) is 0. The van der Waals surface area contributed by atoms with Crippen molar-refractivity contribution in [3.63, 3.8) is 0 Å². The van der Waals surface area contributed by atoms with Crippen LogP contribution in [0.5, 0.6) is 0 Å². The van der Waals surface area contributed by atoms with Gasteiger partial charge in [0.25, 0.3) is 0 Å². The van der Waals surface area contributed by atoms with Gasteiger partial charge in [-0.15, -0.1) is 0 Å². The zero-order valence-electron chi connectivity index (χ0n) is 9.68. The molecule has 0 aromatic heterocycles. The molecule has 4 heteroatoms. The Kier molecular flexibility index (Phi) is 3.74. The fourth-order valence-corrected chi connectivity index (χ4v) is 2.32. The number of hydrogen-bond donors (Lipinski definition) is 2. The quantitative estimate of drug-likeness (QED) is 0.848. The zero-order chi connectivity index (χ0) is 12.3. The molecule has 94 valence electrons. The lowest BCUT2D eigenvalue weighted by Crippen LogP contribution is -2.37. The topological polar surface area (TPSA) is 32.3 Å². The van der Waals surface area contributed by atoms with Gasteiger partial charge >= 0.3 is 0 Å². The fraction of sp³-hybridized carbons (Fsp3) is 0.538. The lowest BCUT2D eigenvalue weighted by molar-refractivity contribution is 0.0474. The highest BCUT2D eigenvalue weighted by Crippen LogP contribution is 2.28. The van der Waals surface area contributed by atoms with Crippen LogP contribution >= 0.6 is 0 Å². The van der Waals surface area contributed by atoms with Crippen LogP contribution in [-0.4, -0.2) is 17.3 Å². The lowest BCUT2D eigenvalue weighted by Gasteiger charge is -2.22. The molecule has 2 N–H and O–H groups in total. The van der Waals surface area contributed by atoms with E-state index < -0.39 is 17.2 Å². The molecule has 0 atom stereocenters. The van der Waals surface area contributed by atoms with E-state index in [1.807, 2.05) is 0 Å². The van der Waals surface area contributed by atoms with Crippen molar-refractivity contribution in [1.29, 1.82) is 0 Å². The monoisotopic (exact) mass is 241 g/mol. The summed E-state index contributed by atoms with van der Waals surface area (Å²) in [5, 5.41) is 13.1. The fourth-order valence-electron chi connectivity index (χ4n) is 2.32. The van der Waals surface area contributed by atoms with Gasteiger partial charge in [0, 0.05) is 18.7 Å². The standard InChI is InChI=1S/C13H17F2NO/c14-11-3-4-12(15)10(7-11)8-16-9-13(17)5-1-2-6-13/h3-4,7,16-17H,1-2,5-6,8-9H2. The number of hydrogen-bond acceptors (Lipinski definition) is 2. The summed E-state index contributed by atoms with van der Waals surface area (Å²) in [5.41, 5.74) is -0.365. The Morgan fingerprint density at radius 1 is 1.24 bits per heavy atom. The summed E-state index contributed by atoms with van der Waals surface area (Å²) >= 11 is 0. The van der Waals surface area contributed by atoms with Gasteiger partial charge in [-0.2, -0.15) is 0 Å². The van der Waals surface area contributed by atoms with Gasteiger partial charge in [0.15, 0.2) is 0 Å². The van der Waals surface area contributed by atoms with Gasteiger partial charge in [0.05, 0.1) is 5.60 Å². The van der Waals surface area contributed by atoms with E-state index in [-0.39, 0.29) is 6.54 Å². The van der Waals surface area contributed by atoms with Gasteiger partial charge in [0.2, 0.25) is 0 Å². The molecule has 0 bridgehead atoms. The normalized spacial score (nSPS) is 18.5. The first-order chi connectivity index (χ1) is 8.09. The zero-order valence-corrected chi connectivity index (χ0v) is 9.68. The third kappa shape index (κ3) is 3.23. The first-order valence-electron chi connectivity index (χ1n) is 5.96. The molecule has 1 aliphatic rings. The second-order valence-electron chi connectivity index (χ2n) is 4.77. The molecule has 2 rings (SSSR count). The summed E-state index contributed by atoms with van der Waals surface area (Å²) < 4.78 is 26.2. The minimum absolute atomic E-state index is 0.242. The number of rotatable bonds is 4. The van der Waals surface area contributed by atoms with E-state index in [2.05, 4.69) is 5.32 Å². The predicted octanol–water partition coefficient (Wildman–Crippen LogP) is 2.36. The molecule has 1 aromatic carbocycles. The molecule has 17 heavy (non-hydrogen) atoms. The van der Waals surface area contributed by atoms with E-state index in [1.54, 1.807) is 0 Å². The minimum Gasteiger partial charge on any atom is -0.389 e. The van der Waals surface area contributed by atoms with Crippen LogP contribution in [0.4, 0.5) is 8.78 Å². The number of benzene rings is 1. The lowest BCUT2D eigenvalue weighted by atomic mass is 10.0. The minimum atomic E-state index is -0.663. The average molecular weight is 241 g/mol. The van der Waals surface area contributed by atoms with Gasteiger partial charge in [0.1, 0.15) is 11.6 Å². The van der Waals surface area contributed by atoms with E-state index in [1.165, 1.54) is 6.07 Å². The van der Waals surface area contributed by atoms with Crippen molar-refractivity contribution in [2.24, 2.45) is 0 Å². The smallest absolute Gasteiger partial charge is 0.127 e. The maximum atomic E-state index is 13.3. The molecular weight excluding hydrogens is 224 g/mol. The van der Waals surface area contributed by atoms with Gasteiger partial charge in [-0.3, -0.25) is 0 Å².